The molecule has 0 amide bonds. The van der Waals surface area contributed by atoms with Crippen molar-refractivity contribution in [1.29, 1.82) is 0 Å². The zero-order valence-electron chi connectivity index (χ0n) is 14.7. The van der Waals surface area contributed by atoms with E-state index in [2.05, 4.69) is 51.1 Å². The fraction of sp³-hybridized carbons (Fsp3) is 0.579. The summed E-state index contributed by atoms with van der Waals surface area (Å²) in [5.74, 6) is 0.666. The predicted molar refractivity (Wildman–Crippen MR) is 106 cm³/mol. The van der Waals surface area contributed by atoms with Crippen LogP contribution in [0.1, 0.15) is 37.2 Å². The monoisotopic (exact) mass is 360 g/mol. The number of hydrogen-bond acceptors (Lipinski definition) is 4. The summed E-state index contributed by atoms with van der Waals surface area (Å²) < 4.78 is 5.35. The topological polar surface area (TPSA) is 48.9 Å². The summed E-state index contributed by atoms with van der Waals surface area (Å²) >= 11 is 5.32. The van der Waals surface area contributed by atoms with Crippen LogP contribution in [0.2, 0.25) is 0 Å². The van der Waals surface area contributed by atoms with E-state index in [1.54, 1.807) is 0 Å². The lowest BCUT2D eigenvalue weighted by atomic mass is 9.83. The molecule has 0 atom stereocenters. The fourth-order valence-corrected chi connectivity index (χ4v) is 3.59. The van der Waals surface area contributed by atoms with Crippen LogP contribution in [0.25, 0.3) is 0 Å². The highest BCUT2D eigenvalue weighted by molar-refractivity contribution is 7.80. The van der Waals surface area contributed by atoms with E-state index in [9.17, 15) is 0 Å². The Morgan fingerprint density at radius 1 is 1.16 bits per heavy atom. The van der Waals surface area contributed by atoms with Crippen molar-refractivity contribution in [3.8, 4) is 0 Å². The van der Waals surface area contributed by atoms with E-state index in [1.165, 1.54) is 24.1 Å². The Labute approximate surface area is 155 Å². The Morgan fingerprint density at radius 2 is 1.88 bits per heavy atom. The number of hydrazone groups is 1. The van der Waals surface area contributed by atoms with Crippen molar-refractivity contribution in [3.05, 3.63) is 35.9 Å². The average Bonchev–Trinajstić information content (AvgIpc) is 2.68. The van der Waals surface area contributed by atoms with Crippen LogP contribution in [0.5, 0.6) is 0 Å². The first-order valence-electron chi connectivity index (χ1n) is 9.25. The van der Waals surface area contributed by atoms with Gasteiger partial charge in [0, 0.05) is 31.9 Å². The van der Waals surface area contributed by atoms with Crippen molar-refractivity contribution in [3.63, 3.8) is 0 Å². The van der Waals surface area contributed by atoms with Crippen molar-refractivity contribution in [2.45, 2.75) is 31.6 Å². The van der Waals surface area contributed by atoms with Gasteiger partial charge in [-0.15, -0.1) is 0 Å². The number of nitrogens with zero attached hydrogens (tertiary/aromatic N) is 2. The predicted octanol–water partition coefficient (Wildman–Crippen LogP) is 2.50. The lowest BCUT2D eigenvalue weighted by Crippen LogP contribution is -2.43. The lowest BCUT2D eigenvalue weighted by Gasteiger charge is -2.26. The van der Waals surface area contributed by atoms with Crippen molar-refractivity contribution < 1.29 is 4.74 Å². The summed E-state index contributed by atoms with van der Waals surface area (Å²) in [4.78, 5) is 2.38. The third-order valence-corrected chi connectivity index (χ3v) is 5.20. The molecule has 25 heavy (non-hydrogen) atoms. The van der Waals surface area contributed by atoms with E-state index in [0.29, 0.717) is 11.0 Å². The molecule has 1 aliphatic heterocycles. The molecule has 0 bridgehead atoms. The number of benzene rings is 1. The Morgan fingerprint density at radius 3 is 2.60 bits per heavy atom. The number of ether oxygens (including phenoxy) is 1. The molecule has 1 aromatic rings. The molecule has 1 aliphatic carbocycles. The minimum absolute atomic E-state index is 0.617. The Hall–Kier alpha value is -1.50. The van der Waals surface area contributed by atoms with Crippen LogP contribution < -0.4 is 10.7 Å². The Bertz CT molecular complexity index is 562. The van der Waals surface area contributed by atoms with Crippen LogP contribution in [0, 0.1) is 0 Å². The smallest absolute Gasteiger partial charge is 0.186 e. The number of hydrogen-bond donors (Lipinski definition) is 2. The summed E-state index contributed by atoms with van der Waals surface area (Å²) in [6, 6.07) is 10.8. The maximum absolute atomic E-state index is 5.35. The Kier molecular flexibility index (Phi) is 7.21. The molecular weight excluding hydrogens is 332 g/mol. The largest absolute Gasteiger partial charge is 0.379 e. The summed E-state index contributed by atoms with van der Waals surface area (Å²) in [5, 5.41) is 8.36. The van der Waals surface area contributed by atoms with Crippen LogP contribution >= 0.6 is 12.2 Å². The third-order valence-electron chi connectivity index (χ3n) is 4.97. The molecule has 2 fully saturated rings. The highest BCUT2D eigenvalue weighted by Gasteiger charge is 2.19. The fourth-order valence-electron chi connectivity index (χ4n) is 3.44. The van der Waals surface area contributed by atoms with E-state index < -0.39 is 0 Å². The molecule has 1 aromatic carbocycles. The molecule has 0 radical (unpaired) electrons. The quantitative estimate of drug-likeness (QED) is 0.624. The van der Waals surface area contributed by atoms with Crippen molar-refractivity contribution in [2.24, 2.45) is 5.10 Å². The van der Waals surface area contributed by atoms with Crippen LogP contribution in [-0.4, -0.2) is 55.1 Å². The van der Waals surface area contributed by atoms with Gasteiger partial charge < -0.3 is 10.1 Å². The molecule has 0 unspecified atom stereocenters. The van der Waals surface area contributed by atoms with Gasteiger partial charge in [0.05, 0.1) is 13.2 Å². The zero-order valence-corrected chi connectivity index (χ0v) is 15.6. The highest BCUT2D eigenvalue weighted by Crippen LogP contribution is 2.31. The highest BCUT2D eigenvalue weighted by atomic mass is 32.1. The van der Waals surface area contributed by atoms with E-state index in [4.69, 9.17) is 17.0 Å². The van der Waals surface area contributed by atoms with Crippen LogP contribution in [0.3, 0.4) is 0 Å². The summed E-state index contributed by atoms with van der Waals surface area (Å²) in [5.41, 5.74) is 5.69. The first kappa shape index (κ1) is 18.3. The van der Waals surface area contributed by atoms with Gasteiger partial charge in [-0.25, -0.2) is 0 Å². The van der Waals surface area contributed by atoms with Crippen molar-refractivity contribution >= 4 is 23.0 Å². The molecule has 0 spiro atoms. The second-order valence-electron chi connectivity index (χ2n) is 6.68. The molecule has 3 rings (SSSR count). The van der Waals surface area contributed by atoms with Crippen molar-refractivity contribution in [2.75, 3.05) is 39.4 Å². The van der Waals surface area contributed by atoms with Crippen LogP contribution in [-0.2, 0) is 4.74 Å². The van der Waals surface area contributed by atoms with Gasteiger partial charge in [-0.3, -0.25) is 10.3 Å². The molecule has 1 saturated carbocycles. The molecule has 2 aliphatic rings. The van der Waals surface area contributed by atoms with Gasteiger partial charge in [0.25, 0.3) is 0 Å². The van der Waals surface area contributed by atoms with Crippen LogP contribution in [0.15, 0.2) is 35.4 Å². The molecular formula is C19H28N4OS. The SMILES string of the molecule is S=C(NCCN1CCOCC1)NN=C1CCC(c2ccccc2)CC1. The van der Waals surface area contributed by atoms with Gasteiger partial charge in [0.1, 0.15) is 0 Å². The number of nitrogens with one attached hydrogen (secondary N) is 2. The second-order valence-corrected chi connectivity index (χ2v) is 7.09. The van der Waals surface area contributed by atoms with Gasteiger partial charge in [-0.2, -0.15) is 5.10 Å². The molecule has 1 heterocycles. The van der Waals surface area contributed by atoms with Gasteiger partial charge >= 0.3 is 0 Å². The maximum atomic E-state index is 5.35. The van der Waals surface area contributed by atoms with Gasteiger partial charge in [-0.1, -0.05) is 30.3 Å². The minimum Gasteiger partial charge on any atom is -0.379 e. The average molecular weight is 361 g/mol. The standard InChI is InChI=1S/C19H28N4OS/c25-19(20-10-11-23-12-14-24-15-13-23)22-21-18-8-6-17(7-9-18)16-4-2-1-3-5-16/h1-5,17H,6-15H2,(H2,20,22,25). The number of rotatable bonds is 5. The molecule has 136 valence electrons. The van der Waals surface area contributed by atoms with E-state index in [-0.39, 0.29) is 0 Å². The second kappa shape index (κ2) is 9.85. The van der Waals surface area contributed by atoms with E-state index >= 15 is 0 Å². The van der Waals surface area contributed by atoms with Crippen molar-refractivity contribution in [1.82, 2.24) is 15.6 Å². The Balaban J connectivity index is 1.33. The molecule has 0 aromatic heterocycles. The molecule has 1 saturated heterocycles. The summed E-state index contributed by atoms with van der Waals surface area (Å²) in [6.45, 7) is 5.51. The molecule has 6 heteroatoms. The van der Waals surface area contributed by atoms with Gasteiger partial charge in [0.2, 0.25) is 0 Å². The normalized spacial score (nSPS) is 21.6. The van der Waals surface area contributed by atoms with Crippen LogP contribution in [0.4, 0.5) is 0 Å². The van der Waals surface area contributed by atoms with Gasteiger partial charge in [0.15, 0.2) is 5.11 Å². The molecule has 5 nitrogen and oxygen atoms in total. The third kappa shape index (κ3) is 6.06. The molecule has 2 N–H and O–H groups in total. The summed E-state index contributed by atoms with van der Waals surface area (Å²) in [6.07, 6.45) is 4.43. The maximum Gasteiger partial charge on any atom is 0.186 e. The number of morpholine rings is 1. The minimum atomic E-state index is 0.617. The lowest BCUT2D eigenvalue weighted by molar-refractivity contribution is 0.0389. The van der Waals surface area contributed by atoms with E-state index in [0.717, 1.165) is 52.2 Å². The number of thiocarbonyl (C=S) groups is 1. The zero-order chi connectivity index (χ0) is 17.3. The van der Waals surface area contributed by atoms with Gasteiger partial charge in [-0.05, 0) is 49.4 Å². The summed E-state index contributed by atoms with van der Waals surface area (Å²) in [7, 11) is 0. The first-order valence-corrected chi connectivity index (χ1v) is 9.66. The first-order chi connectivity index (χ1) is 12.3. The van der Waals surface area contributed by atoms with E-state index in [1.807, 2.05) is 0 Å².